The van der Waals surface area contributed by atoms with Crippen LogP contribution in [0.15, 0.2) is 42.5 Å². The largest absolute Gasteiger partial charge is 0.324 e. The molecule has 0 N–H and O–H groups in total. The van der Waals surface area contributed by atoms with E-state index in [9.17, 15) is 4.79 Å². The lowest BCUT2D eigenvalue weighted by molar-refractivity contribution is -0.903. The highest BCUT2D eigenvalue weighted by atomic mass is 16.1. The Kier molecular flexibility index (Phi) is 5.39. The maximum Gasteiger partial charge on any atom is 0.168 e. The quantitative estimate of drug-likeness (QED) is 0.551. The second-order valence-electron chi connectivity index (χ2n) is 8.11. The van der Waals surface area contributed by atoms with Crippen molar-refractivity contribution < 1.29 is 9.28 Å². The van der Waals surface area contributed by atoms with Gasteiger partial charge in [0.1, 0.15) is 6.54 Å². The number of quaternary nitrogens is 1. The number of hydrogen-bond donors (Lipinski definition) is 0. The van der Waals surface area contributed by atoms with Crippen molar-refractivity contribution in [2.45, 2.75) is 45.6 Å². The van der Waals surface area contributed by atoms with Crippen molar-refractivity contribution in [2.24, 2.45) is 0 Å². The molecule has 0 aliphatic heterocycles. The van der Waals surface area contributed by atoms with Crippen LogP contribution in [-0.4, -0.2) is 30.9 Å². The van der Waals surface area contributed by atoms with Gasteiger partial charge in [-0.25, -0.2) is 0 Å². The lowest BCUT2D eigenvalue weighted by Crippen LogP contribution is -2.40. The Morgan fingerprint density at radius 1 is 1.00 bits per heavy atom. The Morgan fingerprint density at radius 2 is 1.72 bits per heavy atom. The summed E-state index contributed by atoms with van der Waals surface area (Å²) in [7, 11) is 4.43. The van der Waals surface area contributed by atoms with Gasteiger partial charge in [0.2, 0.25) is 0 Å². The predicted octanol–water partition coefficient (Wildman–Crippen LogP) is 4.72. The molecular weight excluding hydrogens is 306 g/mol. The summed E-state index contributed by atoms with van der Waals surface area (Å²) < 4.78 is 0.835. The van der Waals surface area contributed by atoms with E-state index in [-0.39, 0.29) is 5.78 Å². The topological polar surface area (TPSA) is 17.1 Å². The number of carbonyl (C=O) groups is 1. The van der Waals surface area contributed by atoms with Crippen molar-refractivity contribution in [3.63, 3.8) is 0 Å². The molecule has 25 heavy (non-hydrogen) atoms. The zero-order valence-electron chi connectivity index (χ0n) is 15.8. The molecule has 0 saturated heterocycles. The van der Waals surface area contributed by atoms with E-state index >= 15 is 0 Å². The molecule has 0 spiro atoms. The van der Waals surface area contributed by atoms with Crippen molar-refractivity contribution in [2.75, 3.05) is 20.6 Å². The van der Waals surface area contributed by atoms with Crippen LogP contribution in [0.2, 0.25) is 0 Å². The van der Waals surface area contributed by atoms with Crippen LogP contribution in [0.1, 0.15) is 51.9 Å². The van der Waals surface area contributed by atoms with Crippen molar-refractivity contribution in [3.05, 3.63) is 70.3 Å². The summed E-state index contributed by atoms with van der Waals surface area (Å²) in [5.41, 5.74) is 6.43. The molecule has 0 fully saturated rings. The van der Waals surface area contributed by atoms with E-state index in [0.29, 0.717) is 6.42 Å². The fourth-order valence-electron chi connectivity index (χ4n) is 3.78. The van der Waals surface area contributed by atoms with Gasteiger partial charge in [-0.2, -0.15) is 0 Å². The highest BCUT2D eigenvalue weighted by Crippen LogP contribution is 2.23. The molecule has 1 aliphatic carbocycles. The van der Waals surface area contributed by atoms with Gasteiger partial charge in [-0.15, -0.1) is 0 Å². The monoisotopic (exact) mass is 336 g/mol. The van der Waals surface area contributed by atoms with Gasteiger partial charge in [0.25, 0.3) is 0 Å². The van der Waals surface area contributed by atoms with Crippen molar-refractivity contribution in [1.29, 1.82) is 0 Å². The average Bonchev–Trinajstić information content (AvgIpc) is 2.61. The minimum atomic E-state index is 0.282. The van der Waals surface area contributed by atoms with Crippen LogP contribution in [-0.2, 0) is 19.4 Å². The minimum absolute atomic E-state index is 0.282. The normalized spacial score (nSPS) is 14.2. The van der Waals surface area contributed by atoms with Gasteiger partial charge >= 0.3 is 0 Å². The number of rotatable bonds is 6. The summed E-state index contributed by atoms with van der Waals surface area (Å²) in [5, 5.41) is 0. The highest BCUT2D eigenvalue weighted by Gasteiger charge is 2.20. The molecule has 0 heterocycles. The molecular formula is C23H30NO+. The number of hydrogen-bond acceptors (Lipinski definition) is 1. The third kappa shape index (κ3) is 4.58. The molecule has 0 aromatic heterocycles. The van der Waals surface area contributed by atoms with Crippen LogP contribution in [0.4, 0.5) is 0 Å². The second kappa shape index (κ2) is 7.53. The Hall–Kier alpha value is -1.93. The van der Waals surface area contributed by atoms with Crippen molar-refractivity contribution in [3.8, 4) is 0 Å². The van der Waals surface area contributed by atoms with Gasteiger partial charge in [-0.3, -0.25) is 4.79 Å². The summed E-state index contributed by atoms with van der Waals surface area (Å²) >= 11 is 0. The number of ketones is 1. The van der Waals surface area contributed by atoms with Gasteiger partial charge in [0.05, 0.1) is 27.1 Å². The molecule has 1 aliphatic rings. The zero-order chi connectivity index (χ0) is 17.9. The van der Waals surface area contributed by atoms with E-state index in [1.165, 1.54) is 41.5 Å². The van der Waals surface area contributed by atoms with E-state index in [1.807, 2.05) is 6.07 Å². The zero-order valence-corrected chi connectivity index (χ0v) is 15.8. The SMILES string of the molecule is Cc1ccccc1C[N+](C)(C)CCC(=O)c1ccc2c(c1)CCCC2. The first-order valence-electron chi connectivity index (χ1n) is 9.46. The first-order valence-corrected chi connectivity index (χ1v) is 9.46. The lowest BCUT2D eigenvalue weighted by Gasteiger charge is -2.30. The number of benzene rings is 2. The molecule has 0 radical (unpaired) electrons. The van der Waals surface area contributed by atoms with Gasteiger partial charge in [0, 0.05) is 11.1 Å². The molecule has 0 amide bonds. The lowest BCUT2D eigenvalue weighted by atomic mass is 9.89. The smallest absolute Gasteiger partial charge is 0.168 e. The van der Waals surface area contributed by atoms with E-state index in [0.717, 1.165) is 29.6 Å². The van der Waals surface area contributed by atoms with Crippen LogP contribution in [0, 0.1) is 6.92 Å². The summed E-state index contributed by atoms with van der Waals surface area (Å²) in [6.45, 7) is 3.99. The van der Waals surface area contributed by atoms with Crippen LogP contribution in [0.5, 0.6) is 0 Å². The molecule has 2 nitrogen and oxygen atoms in total. The van der Waals surface area contributed by atoms with E-state index in [2.05, 4.69) is 57.4 Å². The molecule has 2 aromatic carbocycles. The predicted molar refractivity (Wildman–Crippen MR) is 104 cm³/mol. The van der Waals surface area contributed by atoms with Gasteiger partial charge < -0.3 is 4.48 Å². The minimum Gasteiger partial charge on any atom is -0.324 e. The van der Waals surface area contributed by atoms with Crippen LogP contribution in [0.3, 0.4) is 0 Å². The van der Waals surface area contributed by atoms with E-state index in [1.54, 1.807) is 0 Å². The van der Waals surface area contributed by atoms with E-state index < -0.39 is 0 Å². The van der Waals surface area contributed by atoms with Crippen LogP contribution >= 0.6 is 0 Å². The Labute approximate surface area is 152 Å². The summed E-state index contributed by atoms with van der Waals surface area (Å²) in [4.78, 5) is 12.7. The van der Waals surface area contributed by atoms with Gasteiger partial charge in [0.15, 0.2) is 5.78 Å². The Balaban J connectivity index is 1.62. The third-order valence-corrected chi connectivity index (χ3v) is 5.47. The highest BCUT2D eigenvalue weighted by molar-refractivity contribution is 5.96. The molecule has 2 aromatic rings. The van der Waals surface area contributed by atoms with E-state index in [4.69, 9.17) is 0 Å². The fourth-order valence-corrected chi connectivity index (χ4v) is 3.78. The number of Topliss-reactive ketones (excluding diaryl/α,β-unsaturated/α-hetero) is 1. The maximum atomic E-state index is 12.7. The number of aryl methyl sites for hydroxylation is 3. The number of nitrogens with zero attached hydrogens (tertiary/aromatic N) is 1. The molecule has 0 unspecified atom stereocenters. The van der Waals surface area contributed by atoms with Crippen LogP contribution in [0.25, 0.3) is 0 Å². The molecule has 132 valence electrons. The molecule has 0 atom stereocenters. The summed E-state index contributed by atoms with van der Waals surface area (Å²) in [5.74, 6) is 0.282. The first-order chi connectivity index (χ1) is 11.9. The van der Waals surface area contributed by atoms with Crippen LogP contribution < -0.4 is 0 Å². The number of fused-ring (bicyclic) bond motifs is 1. The Morgan fingerprint density at radius 3 is 2.48 bits per heavy atom. The standard InChI is InChI=1S/C23H30NO/c1-18-8-4-5-11-22(18)17-24(2,3)15-14-23(25)21-13-12-19-9-6-7-10-20(19)16-21/h4-5,8,11-13,16H,6-7,9-10,14-15,17H2,1-3H3/q+1. The van der Waals surface area contributed by atoms with Crippen molar-refractivity contribution in [1.82, 2.24) is 0 Å². The average molecular weight is 336 g/mol. The number of carbonyl (C=O) groups excluding carboxylic acids is 1. The van der Waals surface area contributed by atoms with Gasteiger partial charge in [-0.05, 0) is 55.4 Å². The maximum absolute atomic E-state index is 12.7. The summed E-state index contributed by atoms with van der Waals surface area (Å²) in [6, 6.07) is 14.9. The molecule has 2 heteroatoms. The molecule has 0 saturated carbocycles. The first kappa shape index (κ1) is 17.9. The Bertz CT molecular complexity index is 760. The second-order valence-corrected chi connectivity index (χ2v) is 8.11. The third-order valence-electron chi connectivity index (χ3n) is 5.47. The fraction of sp³-hybridized carbons (Fsp3) is 0.435. The molecule has 3 rings (SSSR count). The van der Waals surface area contributed by atoms with Crippen molar-refractivity contribution >= 4 is 5.78 Å². The summed E-state index contributed by atoms with van der Waals surface area (Å²) in [6.07, 6.45) is 5.45. The van der Waals surface area contributed by atoms with Gasteiger partial charge in [-0.1, -0.05) is 36.4 Å². The molecule has 0 bridgehead atoms.